The van der Waals surface area contributed by atoms with Gasteiger partial charge in [0.05, 0.1) is 24.8 Å². The Balaban J connectivity index is 1.67. The van der Waals surface area contributed by atoms with E-state index in [1.807, 2.05) is 11.8 Å². The zero-order valence-corrected chi connectivity index (χ0v) is 14.7. The number of ether oxygens (including phenoxy) is 3. The van der Waals surface area contributed by atoms with E-state index in [0.29, 0.717) is 28.5 Å². The standard InChI is InChI=1S/C18H18N2O4S/c1-22-15-3-2-13(14(21)10-12-11-19-6-7-20-12)16-17(15)24-18(23-16)4-8-25-9-5-18/h2-3,6-7,11H,4-5,8-10H2,1H3. The van der Waals surface area contributed by atoms with Gasteiger partial charge in [0.2, 0.25) is 5.75 Å². The topological polar surface area (TPSA) is 70.5 Å². The lowest BCUT2D eigenvalue weighted by atomic mass is 10.0. The van der Waals surface area contributed by atoms with E-state index in [4.69, 9.17) is 14.2 Å². The number of ketones is 1. The predicted octanol–water partition coefficient (Wildman–Crippen LogP) is 2.91. The van der Waals surface area contributed by atoms with Crippen LogP contribution in [0.1, 0.15) is 28.9 Å². The van der Waals surface area contributed by atoms with Crippen LogP contribution in [0.25, 0.3) is 0 Å². The molecule has 0 atom stereocenters. The number of hydrogen-bond acceptors (Lipinski definition) is 7. The molecule has 1 fully saturated rings. The molecule has 1 spiro atoms. The summed E-state index contributed by atoms with van der Waals surface area (Å²) in [6.07, 6.45) is 6.49. The molecular formula is C18H18N2O4S. The van der Waals surface area contributed by atoms with Crippen molar-refractivity contribution in [1.29, 1.82) is 0 Å². The molecule has 0 N–H and O–H groups in total. The summed E-state index contributed by atoms with van der Waals surface area (Å²) in [6.45, 7) is 0. The minimum atomic E-state index is -0.677. The number of thioether (sulfide) groups is 1. The second-order valence-electron chi connectivity index (χ2n) is 6.00. The molecule has 0 saturated carbocycles. The third-order valence-electron chi connectivity index (χ3n) is 4.39. The van der Waals surface area contributed by atoms with E-state index in [9.17, 15) is 4.79 Å². The van der Waals surface area contributed by atoms with Gasteiger partial charge in [-0.05, 0) is 12.1 Å². The lowest BCUT2D eigenvalue weighted by Gasteiger charge is -2.31. The number of carbonyl (C=O) groups is 1. The molecule has 0 radical (unpaired) electrons. The minimum Gasteiger partial charge on any atom is -0.493 e. The molecule has 3 heterocycles. The smallest absolute Gasteiger partial charge is 0.253 e. The summed E-state index contributed by atoms with van der Waals surface area (Å²) in [6, 6.07) is 3.49. The fraction of sp³-hybridized carbons (Fsp3) is 0.389. The van der Waals surface area contributed by atoms with Gasteiger partial charge in [-0.25, -0.2) is 0 Å². The highest BCUT2D eigenvalue weighted by Gasteiger charge is 2.45. The summed E-state index contributed by atoms with van der Waals surface area (Å²) >= 11 is 1.88. The Bertz CT molecular complexity index is 791. The Morgan fingerprint density at radius 2 is 2.04 bits per heavy atom. The normalized spacial score (nSPS) is 17.5. The number of aromatic nitrogens is 2. The first-order valence-electron chi connectivity index (χ1n) is 8.16. The van der Waals surface area contributed by atoms with Crippen molar-refractivity contribution in [2.75, 3.05) is 18.6 Å². The van der Waals surface area contributed by atoms with Crippen molar-refractivity contribution in [3.63, 3.8) is 0 Å². The van der Waals surface area contributed by atoms with Gasteiger partial charge in [0, 0.05) is 42.9 Å². The molecule has 130 valence electrons. The fourth-order valence-corrected chi connectivity index (χ4v) is 4.20. The number of carbonyl (C=O) groups excluding carboxylic acids is 1. The summed E-state index contributed by atoms with van der Waals surface area (Å²) in [5, 5.41) is 0. The maximum absolute atomic E-state index is 12.8. The van der Waals surface area contributed by atoms with E-state index in [1.165, 1.54) is 0 Å². The van der Waals surface area contributed by atoms with Crippen molar-refractivity contribution in [1.82, 2.24) is 9.97 Å². The minimum absolute atomic E-state index is 0.0785. The molecule has 0 bridgehead atoms. The lowest BCUT2D eigenvalue weighted by Crippen LogP contribution is -2.42. The average molecular weight is 358 g/mol. The van der Waals surface area contributed by atoms with Crippen LogP contribution < -0.4 is 14.2 Å². The molecular weight excluding hydrogens is 340 g/mol. The van der Waals surface area contributed by atoms with Crippen LogP contribution in [0.5, 0.6) is 17.2 Å². The van der Waals surface area contributed by atoms with E-state index in [0.717, 1.165) is 24.3 Å². The average Bonchev–Trinajstić information content (AvgIpc) is 3.00. The Morgan fingerprint density at radius 1 is 1.24 bits per heavy atom. The Hall–Kier alpha value is -2.28. The van der Waals surface area contributed by atoms with Crippen molar-refractivity contribution in [3.8, 4) is 17.2 Å². The van der Waals surface area contributed by atoms with Crippen LogP contribution in [0.3, 0.4) is 0 Å². The first-order chi connectivity index (χ1) is 12.2. The summed E-state index contributed by atoms with van der Waals surface area (Å²) in [5.74, 6) is 2.79. The zero-order valence-electron chi connectivity index (χ0n) is 13.9. The Kier molecular flexibility index (Phi) is 4.25. The largest absolute Gasteiger partial charge is 0.493 e. The number of methoxy groups -OCH3 is 1. The van der Waals surface area contributed by atoms with Crippen molar-refractivity contribution in [2.45, 2.75) is 25.0 Å². The zero-order chi connectivity index (χ0) is 17.3. The quantitative estimate of drug-likeness (QED) is 0.778. The molecule has 0 unspecified atom stereocenters. The van der Waals surface area contributed by atoms with Gasteiger partial charge in [0.25, 0.3) is 5.79 Å². The number of benzene rings is 1. The van der Waals surface area contributed by atoms with Crippen LogP contribution >= 0.6 is 11.8 Å². The van der Waals surface area contributed by atoms with Gasteiger partial charge in [-0.3, -0.25) is 14.8 Å². The van der Waals surface area contributed by atoms with Crippen LogP contribution in [0.15, 0.2) is 30.7 Å². The van der Waals surface area contributed by atoms with Gasteiger partial charge in [0.1, 0.15) is 0 Å². The molecule has 2 aliphatic heterocycles. The third kappa shape index (κ3) is 3.04. The Morgan fingerprint density at radius 3 is 2.76 bits per heavy atom. The highest BCUT2D eigenvalue weighted by atomic mass is 32.2. The number of hydrogen-bond donors (Lipinski definition) is 0. The number of Topliss-reactive ketones (excluding diaryl/α,β-unsaturated/α-hetero) is 1. The molecule has 0 amide bonds. The summed E-state index contributed by atoms with van der Waals surface area (Å²) in [5.41, 5.74) is 1.12. The highest BCUT2D eigenvalue weighted by molar-refractivity contribution is 7.99. The highest BCUT2D eigenvalue weighted by Crippen LogP contribution is 2.51. The summed E-state index contributed by atoms with van der Waals surface area (Å²) in [4.78, 5) is 21.0. The van der Waals surface area contributed by atoms with Crippen LogP contribution in [0.2, 0.25) is 0 Å². The van der Waals surface area contributed by atoms with Crippen LogP contribution in [0, 0.1) is 0 Å². The number of rotatable bonds is 4. The van der Waals surface area contributed by atoms with Crippen LogP contribution in [-0.2, 0) is 6.42 Å². The predicted molar refractivity (Wildman–Crippen MR) is 93.6 cm³/mol. The SMILES string of the molecule is COc1ccc(C(=O)Cc2cnccn2)c2c1OC1(CCSCC1)O2. The maximum Gasteiger partial charge on any atom is 0.253 e. The molecule has 1 saturated heterocycles. The van der Waals surface area contributed by atoms with Gasteiger partial charge in [-0.2, -0.15) is 11.8 Å². The van der Waals surface area contributed by atoms with Crippen molar-refractivity contribution in [2.24, 2.45) is 0 Å². The molecule has 2 aromatic rings. The molecule has 6 nitrogen and oxygen atoms in total. The fourth-order valence-electron chi connectivity index (χ4n) is 3.08. The molecule has 0 aliphatic carbocycles. The Labute approximate surface area is 149 Å². The molecule has 4 rings (SSSR count). The van der Waals surface area contributed by atoms with Crippen LogP contribution in [0.4, 0.5) is 0 Å². The van der Waals surface area contributed by atoms with E-state index in [-0.39, 0.29) is 12.2 Å². The van der Waals surface area contributed by atoms with Gasteiger partial charge in [-0.15, -0.1) is 0 Å². The lowest BCUT2D eigenvalue weighted by molar-refractivity contribution is -0.0852. The second kappa shape index (κ2) is 6.55. The molecule has 1 aromatic carbocycles. The van der Waals surface area contributed by atoms with Crippen molar-refractivity contribution >= 4 is 17.5 Å². The van der Waals surface area contributed by atoms with E-state index >= 15 is 0 Å². The van der Waals surface area contributed by atoms with Gasteiger partial charge in [-0.1, -0.05) is 0 Å². The second-order valence-corrected chi connectivity index (χ2v) is 7.22. The summed E-state index contributed by atoms with van der Waals surface area (Å²) in [7, 11) is 1.59. The molecule has 1 aromatic heterocycles. The van der Waals surface area contributed by atoms with Gasteiger partial charge >= 0.3 is 0 Å². The third-order valence-corrected chi connectivity index (χ3v) is 5.37. The first kappa shape index (κ1) is 16.2. The van der Waals surface area contributed by atoms with E-state index < -0.39 is 5.79 Å². The number of nitrogens with zero attached hydrogens (tertiary/aromatic N) is 2. The van der Waals surface area contributed by atoms with Crippen molar-refractivity contribution in [3.05, 3.63) is 42.0 Å². The molecule has 25 heavy (non-hydrogen) atoms. The number of fused-ring (bicyclic) bond motifs is 1. The van der Waals surface area contributed by atoms with E-state index in [2.05, 4.69) is 9.97 Å². The maximum atomic E-state index is 12.8. The monoisotopic (exact) mass is 358 g/mol. The first-order valence-corrected chi connectivity index (χ1v) is 9.31. The molecule has 2 aliphatic rings. The van der Waals surface area contributed by atoms with Gasteiger partial charge < -0.3 is 14.2 Å². The van der Waals surface area contributed by atoms with Gasteiger partial charge in [0.15, 0.2) is 17.3 Å². The summed E-state index contributed by atoms with van der Waals surface area (Å²) < 4.78 is 17.8. The van der Waals surface area contributed by atoms with Crippen LogP contribution in [-0.4, -0.2) is 40.2 Å². The molecule has 7 heteroatoms. The van der Waals surface area contributed by atoms with Crippen molar-refractivity contribution < 1.29 is 19.0 Å². The van der Waals surface area contributed by atoms with E-state index in [1.54, 1.807) is 37.8 Å².